The van der Waals surface area contributed by atoms with Gasteiger partial charge < -0.3 is 14.7 Å². The lowest BCUT2D eigenvalue weighted by Gasteiger charge is -2.21. The molecule has 0 unspecified atom stereocenters. The molecule has 0 aliphatic rings. The lowest BCUT2D eigenvalue weighted by atomic mass is 10.2. The van der Waals surface area contributed by atoms with E-state index in [-0.39, 0.29) is 5.82 Å². The van der Waals surface area contributed by atoms with Gasteiger partial charge in [0.25, 0.3) is 0 Å². The molecule has 0 fully saturated rings. The molecule has 21 heavy (non-hydrogen) atoms. The standard InChI is InChI=1S/C16H22FN3O/c1-4-20(16-8-6-5-7-15(16)17)11-14-9-13(19-21-14)10-18-12(2)3/h5-9,12,18H,4,10-11H2,1-3H3. The van der Waals surface area contributed by atoms with Crippen molar-refractivity contribution in [1.29, 1.82) is 0 Å². The smallest absolute Gasteiger partial charge is 0.156 e. The van der Waals surface area contributed by atoms with E-state index >= 15 is 0 Å². The largest absolute Gasteiger partial charge is 0.362 e. The molecule has 2 aromatic rings. The maximum absolute atomic E-state index is 13.8. The molecule has 0 saturated carbocycles. The number of hydrogen-bond acceptors (Lipinski definition) is 4. The third-order valence-electron chi connectivity index (χ3n) is 3.22. The lowest BCUT2D eigenvalue weighted by Crippen LogP contribution is -2.23. The first-order valence-corrected chi connectivity index (χ1v) is 7.27. The Hall–Kier alpha value is -1.88. The predicted molar refractivity (Wildman–Crippen MR) is 81.6 cm³/mol. The summed E-state index contributed by atoms with van der Waals surface area (Å²) in [5.74, 6) is 0.515. The minimum Gasteiger partial charge on any atom is -0.362 e. The van der Waals surface area contributed by atoms with Gasteiger partial charge in [-0.15, -0.1) is 0 Å². The molecule has 1 heterocycles. The van der Waals surface area contributed by atoms with E-state index in [1.54, 1.807) is 12.1 Å². The number of halogens is 1. The van der Waals surface area contributed by atoms with Gasteiger partial charge in [-0.3, -0.25) is 0 Å². The SMILES string of the molecule is CCN(Cc1cc(CNC(C)C)no1)c1ccccc1F. The summed E-state index contributed by atoms with van der Waals surface area (Å²) < 4.78 is 19.2. The van der Waals surface area contributed by atoms with Gasteiger partial charge in [0.1, 0.15) is 5.82 Å². The molecule has 2 rings (SSSR count). The minimum absolute atomic E-state index is 0.222. The Kier molecular flexibility index (Phi) is 5.33. The van der Waals surface area contributed by atoms with Crippen molar-refractivity contribution >= 4 is 5.69 Å². The van der Waals surface area contributed by atoms with E-state index < -0.39 is 0 Å². The van der Waals surface area contributed by atoms with Crippen molar-refractivity contribution in [3.63, 3.8) is 0 Å². The Balaban J connectivity index is 2.04. The Morgan fingerprint density at radius 2 is 2.10 bits per heavy atom. The highest BCUT2D eigenvalue weighted by Gasteiger charge is 2.13. The van der Waals surface area contributed by atoms with Gasteiger partial charge in [-0.2, -0.15) is 0 Å². The lowest BCUT2D eigenvalue weighted by molar-refractivity contribution is 0.372. The van der Waals surface area contributed by atoms with Gasteiger partial charge >= 0.3 is 0 Å². The molecular formula is C16H22FN3O. The van der Waals surface area contributed by atoms with Crippen molar-refractivity contribution in [3.05, 3.63) is 47.6 Å². The van der Waals surface area contributed by atoms with Crippen LogP contribution in [0.3, 0.4) is 0 Å². The molecule has 1 aromatic heterocycles. The number of nitrogens with one attached hydrogen (secondary N) is 1. The van der Waals surface area contributed by atoms with E-state index in [0.717, 1.165) is 11.5 Å². The predicted octanol–water partition coefficient (Wildman–Crippen LogP) is 3.34. The molecule has 0 saturated heterocycles. The maximum Gasteiger partial charge on any atom is 0.156 e. The average molecular weight is 291 g/mol. The monoisotopic (exact) mass is 291 g/mol. The zero-order chi connectivity index (χ0) is 15.2. The quantitative estimate of drug-likeness (QED) is 0.849. The van der Waals surface area contributed by atoms with Crippen molar-refractivity contribution in [3.8, 4) is 0 Å². The van der Waals surface area contributed by atoms with Gasteiger partial charge in [0.2, 0.25) is 0 Å². The summed E-state index contributed by atoms with van der Waals surface area (Å²) in [5, 5.41) is 7.32. The van der Waals surface area contributed by atoms with Crippen LogP contribution in [-0.4, -0.2) is 17.7 Å². The summed E-state index contributed by atoms with van der Waals surface area (Å²) >= 11 is 0. The zero-order valence-electron chi connectivity index (χ0n) is 12.8. The van der Waals surface area contributed by atoms with Crippen LogP contribution in [0.5, 0.6) is 0 Å². The molecular weight excluding hydrogens is 269 g/mol. The first-order chi connectivity index (χ1) is 10.1. The molecule has 114 valence electrons. The highest BCUT2D eigenvalue weighted by molar-refractivity contribution is 5.47. The number of para-hydroxylation sites is 1. The highest BCUT2D eigenvalue weighted by atomic mass is 19.1. The maximum atomic E-state index is 13.8. The fourth-order valence-corrected chi connectivity index (χ4v) is 2.09. The van der Waals surface area contributed by atoms with Crippen LogP contribution in [0.25, 0.3) is 0 Å². The van der Waals surface area contributed by atoms with Crippen molar-refractivity contribution in [2.75, 3.05) is 11.4 Å². The summed E-state index contributed by atoms with van der Waals surface area (Å²) in [5.41, 5.74) is 1.45. The highest BCUT2D eigenvalue weighted by Crippen LogP contribution is 2.21. The number of aromatic nitrogens is 1. The molecule has 0 spiro atoms. The molecule has 0 radical (unpaired) electrons. The van der Waals surface area contributed by atoms with Crippen LogP contribution in [0.2, 0.25) is 0 Å². The van der Waals surface area contributed by atoms with Gasteiger partial charge in [0, 0.05) is 25.2 Å². The molecule has 4 nitrogen and oxygen atoms in total. The molecule has 0 atom stereocenters. The van der Waals surface area contributed by atoms with Crippen LogP contribution >= 0.6 is 0 Å². The van der Waals surface area contributed by atoms with Crippen LogP contribution in [-0.2, 0) is 13.1 Å². The second kappa shape index (κ2) is 7.22. The number of benzene rings is 1. The average Bonchev–Trinajstić information content (AvgIpc) is 2.91. The first-order valence-electron chi connectivity index (χ1n) is 7.27. The zero-order valence-corrected chi connectivity index (χ0v) is 12.8. The molecule has 1 N–H and O–H groups in total. The molecule has 1 aromatic carbocycles. The summed E-state index contributed by atoms with van der Waals surface area (Å²) in [6.07, 6.45) is 0. The Bertz CT molecular complexity index is 568. The van der Waals surface area contributed by atoms with Crippen molar-refractivity contribution in [2.24, 2.45) is 0 Å². The summed E-state index contributed by atoms with van der Waals surface area (Å²) in [7, 11) is 0. The van der Waals surface area contributed by atoms with E-state index in [0.29, 0.717) is 31.4 Å². The fourth-order valence-electron chi connectivity index (χ4n) is 2.09. The van der Waals surface area contributed by atoms with Crippen LogP contribution in [0.4, 0.5) is 10.1 Å². The number of nitrogens with zero attached hydrogens (tertiary/aromatic N) is 2. The third kappa shape index (κ3) is 4.29. The van der Waals surface area contributed by atoms with Crippen LogP contribution in [0.1, 0.15) is 32.2 Å². The van der Waals surface area contributed by atoms with E-state index in [4.69, 9.17) is 4.52 Å². The van der Waals surface area contributed by atoms with E-state index in [2.05, 4.69) is 24.3 Å². The van der Waals surface area contributed by atoms with Gasteiger partial charge in [-0.05, 0) is 19.1 Å². The second-order valence-corrected chi connectivity index (χ2v) is 5.29. The Labute approximate surface area is 124 Å². The fraction of sp³-hybridized carbons (Fsp3) is 0.438. The van der Waals surface area contributed by atoms with E-state index in [9.17, 15) is 4.39 Å². The first kappa shape index (κ1) is 15.5. The van der Waals surface area contributed by atoms with Gasteiger partial charge in [0.05, 0.1) is 17.9 Å². The van der Waals surface area contributed by atoms with Crippen molar-refractivity contribution in [2.45, 2.75) is 39.9 Å². The number of anilines is 1. The number of hydrogen-bond donors (Lipinski definition) is 1. The van der Waals surface area contributed by atoms with Crippen LogP contribution in [0.15, 0.2) is 34.9 Å². The van der Waals surface area contributed by atoms with E-state index in [1.807, 2.05) is 24.0 Å². The van der Waals surface area contributed by atoms with Gasteiger partial charge in [-0.1, -0.05) is 31.1 Å². The number of rotatable bonds is 7. The molecule has 0 aliphatic carbocycles. The summed E-state index contributed by atoms with van der Waals surface area (Å²) in [4.78, 5) is 1.93. The van der Waals surface area contributed by atoms with Gasteiger partial charge in [0.15, 0.2) is 5.76 Å². The molecule has 0 amide bonds. The molecule has 5 heteroatoms. The normalized spacial score (nSPS) is 11.1. The summed E-state index contributed by atoms with van der Waals surface area (Å²) in [6, 6.07) is 9.08. The van der Waals surface area contributed by atoms with Crippen LogP contribution in [0, 0.1) is 5.82 Å². The summed E-state index contributed by atoms with van der Waals surface area (Å²) in [6.45, 7) is 8.03. The van der Waals surface area contributed by atoms with Crippen molar-refractivity contribution in [1.82, 2.24) is 10.5 Å². The molecule has 0 aliphatic heterocycles. The minimum atomic E-state index is -0.222. The Morgan fingerprint density at radius 3 is 2.76 bits per heavy atom. The third-order valence-corrected chi connectivity index (χ3v) is 3.22. The topological polar surface area (TPSA) is 41.3 Å². The van der Waals surface area contributed by atoms with Crippen molar-refractivity contribution < 1.29 is 8.91 Å². The van der Waals surface area contributed by atoms with E-state index in [1.165, 1.54) is 6.07 Å². The Morgan fingerprint density at radius 1 is 1.33 bits per heavy atom. The van der Waals surface area contributed by atoms with Crippen LogP contribution < -0.4 is 10.2 Å². The molecule has 0 bridgehead atoms. The second-order valence-electron chi connectivity index (χ2n) is 5.29. The van der Waals surface area contributed by atoms with Gasteiger partial charge in [-0.25, -0.2) is 4.39 Å².